The van der Waals surface area contributed by atoms with E-state index < -0.39 is 16.9 Å². The zero-order chi connectivity index (χ0) is 18.5. The minimum absolute atomic E-state index is 0.0669. The van der Waals surface area contributed by atoms with Gasteiger partial charge in [-0.3, -0.25) is 14.9 Å². The number of nitrogens with zero attached hydrogens (tertiary/aromatic N) is 1. The highest BCUT2D eigenvalue weighted by molar-refractivity contribution is 5.72. The van der Waals surface area contributed by atoms with E-state index in [2.05, 4.69) is 0 Å². The maximum absolute atomic E-state index is 10.6. The lowest BCUT2D eigenvalue weighted by Crippen LogP contribution is -2.29. The summed E-state index contributed by atoms with van der Waals surface area (Å²) in [4.78, 5) is 20.7. The highest BCUT2D eigenvalue weighted by Gasteiger charge is 2.09. The van der Waals surface area contributed by atoms with Crippen LogP contribution in [0.5, 0.6) is 5.75 Å². The van der Waals surface area contributed by atoms with Gasteiger partial charge in [0.15, 0.2) is 0 Å². The monoisotopic (exact) mass is 352 g/mol. The Kier molecular flexibility index (Phi) is 10.2. The fraction of sp³-hybridized carbons (Fsp3) is 0.611. The molecule has 7 nitrogen and oxygen atoms in total. The van der Waals surface area contributed by atoms with Gasteiger partial charge in [0.05, 0.1) is 11.5 Å². The summed E-state index contributed by atoms with van der Waals surface area (Å²) >= 11 is 0. The van der Waals surface area contributed by atoms with E-state index in [0.717, 1.165) is 44.9 Å². The number of unbranched alkanes of at least 4 members (excludes halogenated alkanes) is 7. The van der Waals surface area contributed by atoms with Crippen molar-refractivity contribution < 1.29 is 19.6 Å². The van der Waals surface area contributed by atoms with Gasteiger partial charge in [-0.1, -0.05) is 44.9 Å². The molecule has 1 aromatic carbocycles. The van der Waals surface area contributed by atoms with Crippen LogP contribution in [0.2, 0.25) is 0 Å². The van der Waals surface area contributed by atoms with Gasteiger partial charge in [0.1, 0.15) is 11.8 Å². The molecular formula is C18H28N2O5. The number of nitro groups is 1. The number of aliphatic carboxylic acids is 1. The highest BCUT2D eigenvalue weighted by Crippen LogP contribution is 2.17. The Balaban J connectivity index is 1.92. The zero-order valence-electron chi connectivity index (χ0n) is 14.6. The second-order valence-corrected chi connectivity index (χ2v) is 6.16. The molecule has 0 aromatic heterocycles. The van der Waals surface area contributed by atoms with Crippen molar-refractivity contribution in [3.8, 4) is 5.75 Å². The molecule has 0 heterocycles. The van der Waals surface area contributed by atoms with Gasteiger partial charge in [0.2, 0.25) is 0 Å². The van der Waals surface area contributed by atoms with Crippen LogP contribution in [0.1, 0.15) is 57.8 Å². The predicted octanol–water partition coefficient (Wildman–Crippen LogP) is 3.90. The average molecular weight is 352 g/mol. The summed E-state index contributed by atoms with van der Waals surface area (Å²) in [6.07, 6.45) is 9.11. The summed E-state index contributed by atoms with van der Waals surface area (Å²) in [6.45, 7) is 0.616. The van der Waals surface area contributed by atoms with Crippen LogP contribution in [0.3, 0.4) is 0 Å². The summed E-state index contributed by atoms with van der Waals surface area (Å²) in [5.74, 6) is -0.263. The number of rotatable bonds is 14. The van der Waals surface area contributed by atoms with Crippen LogP contribution in [0.15, 0.2) is 24.3 Å². The molecule has 3 N–H and O–H groups in total. The van der Waals surface area contributed by atoms with Crippen LogP contribution in [-0.2, 0) is 4.79 Å². The number of benzene rings is 1. The first kappa shape index (κ1) is 20.9. The molecule has 0 aliphatic heterocycles. The molecule has 1 unspecified atom stereocenters. The van der Waals surface area contributed by atoms with Crippen molar-refractivity contribution in [3.05, 3.63) is 34.4 Å². The molecule has 140 valence electrons. The number of nitro benzene ring substituents is 1. The summed E-state index contributed by atoms with van der Waals surface area (Å²) in [7, 11) is 0. The van der Waals surface area contributed by atoms with Crippen molar-refractivity contribution in [2.45, 2.75) is 63.8 Å². The Labute approximate surface area is 148 Å². The Bertz CT molecular complexity index is 519. The molecule has 0 spiro atoms. The average Bonchev–Trinajstić information content (AvgIpc) is 2.59. The first-order valence-corrected chi connectivity index (χ1v) is 8.86. The van der Waals surface area contributed by atoms with Crippen LogP contribution in [0.25, 0.3) is 0 Å². The number of nitrogens with two attached hydrogens (primary N) is 1. The highest BCUT2D eigenvalue weighted by atomic mass is 16.6. The second kappa shape index (κ2) is 12.2. The number of ether oxygens (including phenoxy) is 1. The molecule has 0 radical (unpaired) electrons. The van der Waals surface area contributed by atoms with Gasteiger partial charge in [0, 0.05) is 12.1 Å². The SMILES string of the molecule is NC(CCCCCCCCCCOc1ccc([N+](=O)[O-])cc1)C(=O)O. The third-order valence-electron chi connectivity index (χ3n) is 4.04. The molecule has 0 saturated heterocycles. The van der Waals surface area contributed by atoms with Gasteiger partial charge in [-0.2, -0.15) is 0 Å². The molecular weight excluding hydrogens is 324 g/mol. The lowest BCUT2D eigenvalue weighted by Gasteiger charge is -2.07. The number of carboxylic acids is 1. The van der Waals surface area contributed by atoms with E-state index in [9.17, 15) is 14.9 Å². The third-order valence-corrected chi connectivity index (χ3v) is 4.04. The van der Waals surface area contributed by atoms with E-state index in [4.69, 9.17) is 15.6 Å². The number of carbonyl (C=O) groups is 1. The minimum Gasteiger partial charge on any atom is -0.494 e. The number of carboxylic acid groups (broad SMARTS) is 1. The number of non-ortho nitro benzene ring substituents is 1. The Morgan fingerprint density at radius 2 is 1.56 bits per heavy atom. The van der Waals surface area contributed by atoms with Gasteiger partial charge in [-0.15, -0.1) is 0 Å². The van der Waals surface area contributed by atoms with E-state index >= 15 is 0 Å². The maximum atomic E-state index is 10.6. The van der Waals surface area contributed by atoms with Gasteiger partial charge in [-0.25, -0.2) is 0 Å². The number of hydrogen-bond donors (Lipinski definition) is 2. The third kappa shape index (κ3) is 9.66. The molecule has 0 aliphatic rings. The summed E-state index contributed by atoms with van der Waals surface area (Å²) in [5.41, 5.74) is 5.51. The molecule has 7 heteroatoms. The second-order valence-electron chi connectivity index (χ2n) is 6.16. The minimum atomic E-state index is -0.920. The Morgan fingerprint density at radius 3 is 2.08 bits per heavy atom. The molecule has 0 bridgehead atoms. The van der Waals surface area contributed by atoms with Gasteiger partial charge < -0.3 is 15.6 Å². The molecule has 0 amide bonds. The summed E-state index contributed by atoms with van der Waals surface area (Å²) < 4.78 is 5.56. The quantitative estimate of drug-likeness (QED) is 0.298. The molecule has 1 rings (SSSR count). The van der Waals surface area contributed by atoms with Crippen molar-refractivity contribution in [3.63, 3.8) is 0 Å². The molecule has 1 aromatic rings. The van der Waals surface area contributed by atoms with E-state index in [1.54, 1.807) is 12.1 Å². The smallest absolute Gasteiger partial charge is 0.320 e. The van der Waals surface area contributed by atoms with Crippen molar-refractivity contribution in [1.29, 1.82) is 0 Å². The standard InChI is InChI=1S/C18H28N2O5/c19-17(18(21)22)9-7-5-3-1-2-4-6-8-14-25-16-12-10-15(11-13-16)20(23)24/h10-13,17H,1-9,14,19H2,(H,21,22). The topological polar surface area (TPSA) is 116 Å². The van der Waals surface area contributed by atoms with Gasteiger partial charge in [0.25, 0.3) is 5.69 Å². The normalized spacial score (nSPS) is 11.9. The van der Waals surface area contributed by atoms with E-state index in [1.807, 2.05) is 0 Å². The largest absolute Gasteiger partial charge is 0.494 e. The first-order chi connectivity index (χ1) is 12.0. The van der Waals surface area contributed by atoms with Crippen LogP contribution in [-0.4, -0.2) is 28.6 Å². The van der Waals surface area contributed by atoms with Crippen molar-refractivity contribution in [1.82, 2.24) is 0 Å². The fourth-order valence-corrected chi connectivity index (χ4v) is 2.50. The Hall–Kier alpha value is -2.15. The van der Waals surface area contributed by atoms with E-state index in [1.165, 1.54) is 18.6 Å². The fourth-order valence-electron chi connectivity index (χ4n) is 2.50. The van der Waals surface area contributed by atoms with Gasteiger partial charge >= 0.3 is 5.97 Å². The van der Waals surface area contributed by atoms with Gasteiger partial charge in [-0.05, 0) is 25.0 Å². The maximum Gasteiger partial charge on any atom is 0.320 e. The van der Waals surface area contributed by atoms with Crippen molar-refractivity contribution in [2.75, 3.05) is 6.61 Å². The zero-order valence-corrected chi connectivity index (χ0v) is 14.6. The molecule has 1 atom stereocenters. The van der Waals surface area contributed by atoms with Crippen molar-refractivity contribution >= 4 is 11.7 Å². The lowest BCUT2D eigenvalue weighted by atomic mass is 10.1. The summed E-state index contributed by atoms with van der Waals surface area (Å²) in [6, 6.07) is 5.40. The van der Waals surface area contributed by atoms with Crippen LogP contribution in [0.4, 0.5) is 5.69 Å². The first-order valence-electron chi connectivity index (χ1n) is 8.86. The molecule has 25 heavy (non-hydrogen) atoms. The van der Waals surface area contributed by atoms with Crippen LogP contribution in [0, 0.1) is 10.1 Å². The lowest BCUT2D eigenvalue weighted by molar-refractivity contribution is -0.384. The number of hydrogen-bond acceptors (Lipinski definition) is 5. The van der Waals surface area contributed by atoms with Crippen LogP contribution >= 0.6 is 0 Å². The van der Waals surface area contributed by atoms with E-state index in [0.29, 0.717) is 18.8 Å². The van der Waals surface area contributed by atoms with Crippen molar-refractivity contribution in [2.24, 2.45) is 5.73 Å². The molecule has 0 aliphatic carbocycles. The molecule has 0 fully saturated rings. The van der Waals surface area contributed by atoms with E-state index in [-0.39, 0.29) is 5.69 Å². The predicted molar refractivity (Wildman–Crippen MR) is 95.8 cm³/mol. The summed E-state index contributed by atoms with van der Waals surface area (Å²) in [5, 5.41) is 19.2. The van der Waals surface area contributed by atoms with Crippen LogP contribution < -0.4 is 10.5 Å². The molecule has 0 saturated carbocycles. The Morgan fingerprint density at radius 1 is 1.04 bits per heavy atom.